The summed E-state index contributed by atoms with van der Waals surface area (Å²) in [5, 5.41) is 0. The van der Waals surface area contributed by atoms with Crippen molar-refractivity contribution in [1.82, 2.24) is 20.8 Å². The standard InChI is InChI=1S/C7H8BrN5O2/c1-3(14)12-13-7(15)5-6(9)10-2-4(8)11-5/h2H,1H3,(H2,9,10)(H,12,14)(H,13,15). The van der Waals surface area contributed by atoms with Gasteiger partial charge in [0, 0.05) is 6.92 Å². The molecule has 0 unspecified atom stereocenters. The Balaban J connectivity index is 2.81. The van der Waals surface area contributed by atoms with E-state index in [0.29, 0.717) is 4.60 Å². The number of rotatable bonds is 1. The molecule has 0 saturated carbocycles. The van der Waals surface area contributed by atoms with Gasteiger partial charge in [0.1, 0.15) is 4.60 Å². The van der Waals surface area contributed by atoms with Crippen LogP contribution in [-0.2, 0) is 4.79 Å². The number of nitrogen functional groups attached to an aromatic ring is 1. The molecule has 0 aromatic carbocycles. The predicted octanol–water partition coefficient (Wildman–Crippen LogP) is -0.398. The van der Waals surface area contributed by atoms with E-state index in [4.69, 9.17) is 5.73 Å². The van der Waals surface area contributed by atoms with E-state index in [-0.39, 0.29) is 11.5 Å². The quantitative estimate of drug-likeness (QED) is 0.604. The molecule has 7 nitrogen and oxygen atoms in total. The van der Waals surface area contributed by atoms with Crippen LogP contribution >= 0.6 is 15.9 Å². The third-order valence-corrected chi connectivity index (χ3v) is 1.72. The number of nitrogens with zero attached hydrogens (tertiary/aromatic N) is 2. The van der Waals surface area contributed by atoms with Gasteiger partial charge in [-0.3, -0.25) is 20.4 Å². The number of nitrogens with one attached hydrogen (secondary N) is 2. The fourth-order valence-electron chi connectivity index (χ4n) is 0.748. The maximum atomic E-state index is 11.4. The highest BCUT2D eigenvalue weighted by Gasteiger charge is 2.13. The van der Waals surface area contributed by atoms with E-state index in [9.17, 15) is 9.59 Å². The van der Waals surface area contributed by atoms with Gasteiger partial charge in [0.25, 0.3) is 5.91 Å². The zero-order chi connectivity index (χ0) is 11.4. The number of nitrogens with two attached hydrogens (primary N) is 1. The van der Waals surface area contributed by atoms with Crippen molar-refractivity contribution in [2.24, 2.45) is 0 Å². The summed E-state index contributed by atoms with van der Waals surface area (Å²) in [6.45, 7) is 1.26. The van der Waals surface area contributed by atoms with E-state index in [1.807, 2.05) is 0 Å². The first-order chi connectivity index (χ1) is 7.00. The van der Waals surface area contributed by atoms with Crippen LogP contribution in [0.1, 0.15) is 17.4 Å². The number of hydrogen-bond donors (Lipinski definition) is 3. The molecule has 0 aliphatic heterocycles. The summed E-state index contributed by atoms with van der Waals surface area (Å²) in [7, 11) is 0. The summed E-state index contributed by atoms with van der Waals surface area (Å²) in [5.41, 5.74) is 9.61. The average molecular weight is 274 g/mol. The van der Waals surface area contributed by atoms with Crippen molar-refractivity contribution < 1.29 is 9.59 Å². The van der Waals surface area contributed by atoms with Gasteiger partial charge in [0.15, 0.2) is 11.5 Å². The minimum atomic E-state index is -0.628. The van der Waals surface area contributed by atoms with Gasteiger partial charge in [0.05, 0.1) is 6.20 Å². The van der Waals surface area contributed by atoms with Gasteiger partial charge < -0.3 is 5.73 Å². The second kappa shape index (κ2) is 4.69. The zero-order valence-corrected chi connectivity index (χ0v) is 9.33. The van der Waals surface area contributed by atoms with Crippen LogP contribution in [-0.4, -0.2) is 21.8 Å². The number of amides is 2. The molecular weight excluding hydrogens is 266 g/mol. The molecule has 1 aromatic heterocycles. The van der Waals surface area contributed by atoms with Crippen LogP contribution in [0, 0.1) is 0 Å². The van der Waals surface area contributed by atoms with Gasteiger partial charge in [-0.15, -0.1) is 0 Å². The van der Waals surface area contributed by atoms with Crippen LogP contribution in [0.15, 0.2) is 10.8 Å². The van der Waals surface area contributed by atoms with Gasteiger partial charge in [-0.2, -0.15) is 0 Å². The van der Waals surface area contributed by atoms with Crippen molar-refractivity contribution in [2.45, 2.75) is 6.92 Å². The minimum absolute atomic E-state index is 0.0129. The Morgan fingerprint density at radius 2 is 2.13 bits per heavy atom. The van der Waals surface area contributed by atoms with Crippen molar-refractivity contribution >= 4 is 33.6 Å². The molecule has 0 fully saturated rings. The second-order valence-corrected chi connectivity index (χ2v) is 3.37. The summed E-state index contributed by atoms with van der Waals surface area (Å²) in [5.74, 6) is -1.04. The number of halogens is 1. The first-order valence-electron chi connectivity index (χ1n) is 3.85. The fraction of sp³-hybridized carbons (Fsp3) is 0.143. The van der Waals surface area contributed by atoms with Gasteiger partial charge in [-0.1, -0.05) is 0 Å². The molecule has 0 radical (unpaired) electrons. The molecule has 1 rings (SSSR count). The minimum Gasteiger partial charge on any atom is -0.382 e. The second-order valence-electron chi connectivity index (χ2n) is 2.56. The summed E-state index contributed by atoms with van der Waals surface area (Å²) in [4.78, 5) is 29.5. The largest absolute Gasteiger partial charge is 0.382 e. The van der Waals surface area contributed by atoms with E-state index < -0.39 is 11.8 Å². The lowest BCUT2D eigenvalue weighted by atomic mass is 10.4. The third kappa shape index (κ3) is 3.17. The van der Waals surface area contributed by atoms with E-state index in [2.05, 4.69) is 36.7 Å². The average Bonchev–Trinajstić information content (AvgIpc) is 2.18. The maximum Gasteiger partial charge on any atom is 0.292 e. The smallest absolute Gasteiger partial charge is 0.292 e. The summed E-state index contributed by atoms with van der Waals surface area (Å²) in [6.07, 6.45) is 1.37. The molecule has 0 aliphatic carbocycles. The van der Waals surface area contributed by atoms with Crippen LogP contribution in [0.2, 0.25) is 0 Å². The molecule has 0 saturated heterocycles. The number of hydrogen-bond acceptors (Lipinski definition) is 5. The molecule has 1 aromatic rings. The molecule has 4 N–H and O–H groups in total. The Bertz CT molecular complexity index is 408. The van der Waals surface area contributed by atoms with Crippen LogP contribution in [0.4, 0.5) is 5.82 Å². The first kappa shape index (κ1) is 11.4. The monoisotopic (exact) mass is 273 g/mol. The normalized spacial score (nSPS) is 9.47. The third-order valence-electron chi connectivity index (χ3n) is 1.34. The molecule has 0 aliphatic rings. The molecule has 15 heavy (non-hydrogen) atoms. The Morgan fingerprint density at radius 1 is 1.47 bits per heavy atom. The number of hydrazine groups is 1. The summed E-state index contributed by atoms with van der Waals surface area (Å²) in [6, 6.07) is 0. The van der Waals surface area contributed by atoms with Crippen molar-refractivity contribution in [3.8, 4) is 0 Å². The van der Waals surface area contributed by atoms with E-state index in [0.717, 1.165) is 0 Å². The summed E-state index contributed by atoms with van der Waals surface area (Å²) >= 11 is 3.05. The Labute approximate surface area is 93.6 Å². The van der Waals surface area contributed by atoms with Crippen LogP contribution in [0.3, 0.4) is 0 Å². The van der Waals surface area contributed by atoms with Gasteiger partial charge in [0.2, 0.25) is 5.91 Å². The SMILES string of the molecule is CC(=O)NNC(=O)c1nc(Br)cnc1N. The highest BCUT2D eigenvalue weighted by Crippen LogP contribution is 2.09. The lowest BCUT2D eigenvalue weighted by Crippen LogP contribution is -2.41. The predicted molar refractivity (Wildman–Crippen MR) is 55.4 cm³/mol. The van der Waals surface area contributed by atoms with Crippen molar-refractivity contribution in [1.29, 1.82) is 0 Å². The van der Waals surface area contributed by atoms with Crippen molar-refractivity contribution in [3.05, 3.63) is 16.5 Å². The van der Waals surface area contributed by atoms with Crippen LogP contribution < -0.4 is 16.6 Å². The van der Waals surface area contributed by atoms with Crippen LogP contribution in [0.5, 0.6) is 0 Å². The summed E-state index contributed by atoms with van der Waals surface area (Å²) < 4.78 is 0.379. The Hall–Kier alpha value is -1.70. The van der Waals surface area contributed by atoms with Crippen molar-refractivity contribution in [3.63, 3.8) is 0 Å². The molecular formula is C7H8BrN5O2. The van der Waals surface area contributed by atoms with E-state index >= 15 is 0 Å². The molecule has 0 spiro atoms. The molecule has 8 heteroatoms. The Kier molecular flexibility index (Phi) is 3.56. The number of aromatic nitrogens is 2. The zero-order valence-electron chi connectivity index (χ0n) is 7.74. The van der Waals surface area contributed by atoms with Gasteiger partial charge in [-0.25, -0.2) is 9.97 Å². The van der Waals surface area contributed by atoms with E-state index in [1.54, 1.807) is 0 Å². The molecule has 0 bridgehead atoms. The van der Waals surface area contributed by atoms with Crippen molar-refractivity contribution in [2.75, 3.05) is 5.73 Å². The number of carbonyl (C=O) groups is 2. The molecule has 2 amide bonds. The topological polar surface area (TPSA) is 110 Å². The first-order valence-corrected chi connectivity index (χ1v) is 4.65. The fourth-order valence-corrected chi connectivity index (χ4v) is 1.03. The molecule has 0 atom stereocenters. The maximum absolute atomic E-state index is 11.4. The lowest BCUT2D eigenvalue weighted by Gasteiger charge is -2.05. The number of anilines is 1. The lowest BCUT2D eigenvalue weighted by molar-refractivity contribution is -0.119. The van der Waals surface area contributed by atoms with Crippen LogP contribution in [0.25, 0.3) is 0 Å². The van der Waals surface area contributed by atoms with E-state index in [1.165, 1.54) is 13.1 Å². The highest BCUT2D eigenvalue weighted by molar-refractivity contribution is 9.10. The molecule has 1 heterocycles. The highest BCUT2D eigenvalue weighted by atomic mass is 79.9. The van der Waals surface area contributed by atoms with Gasteiger partial charge >= 0.3 is 0 Å². The molecule has 80 valence electrons. The Morgan fingerprint density at radius 3 is 2.73 bits per heavy atom. The number of carbonyl (C=O) groups excluding carboxylic acids is 2. The van der Waals surface area contributed by atoms with Gasteiger partial charge in [-0.05, 0) is 15.9 Å².